The van der Waals surface area contributed by atoms with Crippen molar-refractivity contribution in [2.45, 2.75) is 5.92 Å². The Morgan fingerprint density at radius 2 is 0.849 bits per heavy atom. The van der Waals surface area contributed by atoms with Crippen LogP contribution in [0.4, 0.5) is 17.1 Å². The van der Waals surface area contributed by atoms with Gasteiger partial charge in [0.05, 0.1) is 22.4 Å². The highest BCUT2D eigenvalue weighted by Gasteiger charge is 2.47. The highest BCUT2D eigenvalue weighted by atomic mass is 16.5. The van der Waals surface area contributed by atoms with Gasteiger partial charge < -0.3 is 23.7 Å². The van der Waals surface area contributed by atoms with Crippen LogP contribution in [0.1, 0.15) is 22.6 Å². The normalized spacial score (nSPS) is 13.5. The molecular weight excluding hydrogens is 1050 g/mol. The van der Waals surface area contributed by atoms with Gasteiger partial charge in [0.1, 0.15) is 34.5 Å². The topological polar surface area (TPSA) is 35.9 Å². The number of fused-ring (bicyclic) bond motifs is 14. The standard InChI is InChI=1S/C79H48B2N2O3/c1-4-20-48(21-5-1)51-36-38-67(60(40-51)50-24-8-3-9-25-50)83-69-47-73-65(81-63-32-16-19-35-72(63)84-74-42-53(43-75(86-73)79(74)81)49-22-6-2-7-23-49)46-64(69)80-62-31-15-18-34-71(62)85-76-45-54(44-70(83)78(76)80)82-66-33-17-14-28-57(66)61-41-52(37-39-68(61)82)77-58-29-12-10-26-55(58)56-27-11-13-30-59(56)77/h1-47,77H. The number of rotatable bonds is 6. The minimum absolute atomic E-state index is 0.116. The van der Waals surface area contributed by atoms with Crippen molar-refractivity contribution in [3.8, 4) is 84.7 Å². The maximum absolute atomic E-state index is 7.44. The Hall–Kier alpha value is -11.0. The molecule has 0 fully saturated rings. The molecule has 0 spiro atoms. The summed E-state index contributed by atoms with van der Waals surface area (Å²) in [4.78, 5) is 2.52. The average molecular weight is 1090 g/mol. The lowest BCUT2D eigenvalue weighted by molar-refractivity contribution is 0.465. The third-order valence-electron chi connectivity index (χ3n) is 18.8. The van der Waals surface area contributed by atoms with Crippen molar-refractivity contribution in [2.75, 3.05) is 4.90 Å². The fourth-order valence-electron chi connectivity index (χ4n) is 15.2. The predicted molar refractivity (Wildman–Crippen MR) is 353 cm³/mol. The van der Waals surface area contributed by atoms with Crippen molar-refractivity contribution in [1.29, 1.82) is 0 Å². The van der Waals surface area contributed by atoms with Crippen LogP contribution in [-0.4, -0.2) is 18.0 Å². The van der Waals surface area contributed by atoms with Crippen LogP contribution in [0.2, 0.25) is 0 Å². The maximum atomic E-state index is 7.44. The molecule has 13 aromatic carbocycles. The quantitative estimate of drug-likeness (QED) is 0.156. The van der Waals surface area contributed by atoms with Crippen LogP contribution in [-0.2, 0) is 0 Å². The molecule has 0 radical (unpaired) electrons. The van der Waals surface area contributed by atoms with Gasteiger partial charge in [-0.15, -0.1) is 0 Å². The van der Waals surface area contributed by atoms with E-state index < -0.39 is 0 Å². The highest BCUT2D eigenvalue weighted by Crippen LogP contribution is 2.51. The number of anilines is 3. The van der Waals surface area contributed by atoms with Crippen LogP contribution >= 0.6 is 0 Å². The van der Waals surface area contributed by atoms with E-state index in [0.717, 1.165) is 129 Å². The van der Waals surface area contributed by atoms with Gasteiger partial charge >= 0.3 is 0 Å². The molecule has 0 atom stereocenters. The van der Waals surface area contributed by atoms with Crippen molar-refractivity contribution in [1.82, 2.24) is 4.57 Å². The largest absolute Gasteiger partial charge is 0.458 e. The van der Waals surface area contributed by atoms with Crippen LogP contribution in [0.25, 0.3) is 72.0 Å². The van der Waals surface area contributed by atoms with E-state index in [9.17, 15) is 0 Å². The smallest absolute Gasteiger partial charge is 0.260 e. The summed E-state index contributed by atoms with van der Waals surface area (Å²) in [7, 11) is 0. The first-order valence-electron chi connectivity index (χ1n) is 29.7. The number of para-hydroxylation sites is 3. The zero-order valence-electron chi connectivity index (χ0n) is 46.5. The Balaban J connectivity index is 0.880. The molecule has 0 saturated carbocycles. The zero-order valence-corrected chi connectivity index (χ0v) is 46.5. The van der Waals surface area contributed by atoms with Gasteiger partial charge in [0, 0.05) is 51.2 Å². The minimum atomic E-state index is -0.200. The number of hydrogen-bond acceptors (Lipinski definition) is 4. The molecule has 5 nitrogen and oxygen atoms in total. The molecule has 1 aliphatic carbocycles. The van der Waals surface area contributed by atoms with Crippen molar-refractivity contribution in [2.24, 2.45) is 0 Å². The van der Waals surface area contributed by atoms with E-state index >= 15 is 0 Å². The summed E-state index contributed by atoms with van der Waals surface area (Å²) < 4.78 is 24.2. The summed E-state index contributed by atoms with van der Waals surface area (Å²) in [5.41, 5.74) is 26.3. The molecule has 86 heavy (non-hydrogen) atoms. The second-order valence-corrected chi connectivity index (χ2v) is 23.4. The van der Waals surface area contributed by atoms with Crippen LogP contribution < -0.4 is 51.9 Å². The van der Waals surface area contributed by atoms with Gasteiger partial charge in [-0.1, -0.05) is 212 Å². The Labute approximate surface area is 498 Å². The summed E-state index contributed by atoms with van der Waals surface area (Å²) in [5, 5.41) is 2.40. The number of aromatic nitrogens is 1. The van der Waals surface area contributed by atoms with Gasteiger partial charge in [-0.05, 0) is 144 Å². The summed E-state index contributed by atoms with van der Waals surface area (Å²) in [6.07, 6.45) is 0. The first kappa shape index (κ1) is 47.5. The summed E-state index contributed by atoms with van der Waals surface area (Å²) >= 11 is 0. The van der Waals surface area contributed by atoms with Gasteiger partial charge in [0.2, 0.25) is 0 Å². The lowest BCUT2D eigenvalue weighted by Gasteiger charge is -2.42. The van der Waals surface area contributed by atoms with E-state index in [1.54, 1.807) is 0 Å². The van der Waals surface area contributed by atoms with E-state index in [4.69, 9.17) is 14.2 Å². The maximum Gasteiger partial charge on any atom is 0.260 e. The molecule has 1 aromatic heterocycles. The number of benzene rings is 13. The van der Waals surface area contributed by atoms with Crippen molar-refractivity contribution >= 4 is 85.1 Å². The molecule has 7 heteroatoms. The first-order valence-corrected chi connectivity index (χ1v) is 29.7. The lowest BCUT2D eigenvalue weighted by atomic mass is 9.31. The Bertz CT molecular complexity index is 5150. The molecule has 4 aliphatic heterocycles. The molecule has 5 heterocycles. The molecule has 0 unspecified atom stereocenters. The average Bonchev–Trinajstić information content (AvgIpc) is 3.56. The monoisotopic (exact) mass is 1090 g/mol. The van der Waals surface area contributed by atoms with E-state index in [1.807, 2.05) is 0 Å². The minimum Gasteiger partial charge on any atom is -0.458 e. The predicted octanol–water partition coefficient (Wildman–Crippen LogP) is 16.1. The molecule has 0 amide bonds. The summed E-state index contributed by atoms with van der Waals surface area (Å²) in [6.45, 7) is -0.358. The Morgan fingerprint density at radius 1 is 0.291 bits per heavy atom. The van der Waals surface area contributed by atoms with E-state index in [1.165, 1.54) is 44.1 Å². The Morgan fingerprint density at radius 3 is 1.55 bits per heavy atom. The van der Waals surface area contributed by atoms with E-state index in [-0.39, 0.29) is 19.3 Å². The van der Waals surface area contributed by atoms with Gasteiger partial charge in [0.15, 0.2) is 0 Å². The first-order chi connectivity index (χ1) is 42.6. The molecule has 19 rings (SSSR count). The summed E-state index contributed by atoms with van der Waals surface area (Å²) in [5.74, 6) is 5.06. The zero-order chi connectivity index (χ0) is 56.1. The second-order valence-electron chi connectivity index (χ2n) is 23.4. The number of hydrogen-bond donors (Lipinski definition) is 0. The van der Waals surface area contributed by atoms with Crippen molar-refractivity contribution in [3.05, 3.63) is 302 Å². The van der Waals surface area contributed by atoms with Gasteiger partial charge in [-0.25, -0.2) is 0 Å². The second kappa shape index (κ2) is 18.2. The SMILES string of the molecule is c1ccc(-c2cc3c4c(c2)Oc2cc5c(cc2B4c2ccccc2O3)B2c3ccccc3Oc3cc(-n4c6ccccc6c6cc(C7c8ccccc8-c8ccccc87)ccc64)cc(c32)N5c2ccc(-c3ccccc3)cc2-c2ccccc2)cc1. The van der Waals surface area contributed by atoms with Crippen LogP contribution in [0, 0.1) is 0 Å². The van der Waals surface area contributed by atoms with Gasteiger partial charge in [-0.2, -0.15) is 0 Å². The van der Waals surface area contributed by atoms with Crippen LogP contribution in [0.3, 0.4) is 0 Å². The lowest BCUT2D eigenvalue weighted by Crippen LogP contribution is -2.62. The van der Waals surface area contributed by atoms with Gasteiger partial charge in [-0.3, -0.25) is 0 Å². The molecule has 0 saturated heterocycles. The number of nitrogens with zero attached hydrogens (tertiary/aromatic N) is 2. The third-order valence-corrected chi connectivity index (χ3v) is 18.8. The molecule has 0 bridgehead atoms. The number of ether oxygens (including phenoxy) is 3. The molecular formula is C79H48B2N2O3. The Kier molecular flexibility index (Phi) is 10.1. The highest BCUT2D eigenvalue weighted by molar-refractivity contribution is 7.01. The third kappa shape index (κ3) is 6.91. The van der Waals surface area contributed by atoms with E-state index in [0.29, 0.717) is 0 Å². The van der Waals surface area contributed by atoms with Crippen molar-refractivity contribution in [3.63, 3.8) is 0 Å². The van der Waals surface area contributed by atoms with E-state index in [2.05, 4.69) is 295 Å². The summed E-state index contributed by atoms with van der Waals surface area (Å²) in [6, 6.07) is 104. The van der Waals surface area contributed by atoms with Crippen molar-refractivity contribution < 1.29 is 14.2 Å². The van der Waals surface area contributed by atoms with Crippen LogP contribution in [0.15, 0.2) is 285 Å². The molecule has 398 valence electrons. The fourth-order valence-corrected chi connectivity index (χ4v) is 15.2. The fraction of sp³-hybridized carbons (Fsp3) is 0.0127. The van der Waals surface area contributed by atoms with Crippen LogP contribution in [0.5, 0.6) is 34.5 Å². The molecule has 14 aromatic rings. The molecule has 0 N–H and O–H groups in total. The van der Waals surface area contributed by atoms with Gasteiger partial charge in [0.25, 0.3) is 13.4 Å². The molecule has 5 aliphatic rings.